The van der Waals surface area contributed by atoms with Crippen LogP contribution in [0.5, 0.6) is 0 Å². The minimum Gasteiger partial charge on any atom is -0.457 e. The van der Waals surface area contributed by atoms with Crippen molar-refractivity contribution < 1.29 is 22.6 Å². The molecule has 0 aromatic rings. The van der Waals surface area contributed by atoms with Crippen molar-refractivity contribution in [3.8, 4) is 0 Å². The molecule has 0 aromatic heterocycles. The molecule has 1 aliphatic rings. The van der Waals surface area contributed by atoms with Gasteiger partial charge in [-0.2, -0.15) is 13.2 Å². The summed E-state index contributed by atoms with van der Waals surface area (Å²) < 4.78 is 49.1. The summed E-state index contributed by atoms with van der Waals surface area (Å²) in [5, 5.41) is 0. The molecule has 0 fully saturated rings. The maximum atomic E-state index is 12.8. The molecule has 1 rings (SSSR count). The lowest BCUT2D eigenvalue weighted by molar-refractivity contribution is -0.125. The van der Waals surface area contributed by atoms with Crippen LogP contribution < -0.4 is 0 Å². The van der Waals surface area contributed by atoms with Crippen LogP contribution in [0.3, 0.4) is 0 Å². The van der Waals surface area contributed by atoms with Crippen LogP contribution >= 0.6 is 0 Å². The van der Waals surface area contributed by atoms with Crippen LogP contribution in [0.4, 0.5) is 13.2 Å². The van der Waals surface area contributed by atoms with Gasteiger partial charge in [0.2, 0.25) is 5.76 Å². The SMILES string of the molecule is CCCC(CCCCC(C)C1=CCCC=C(C(F)(F)F)O1)OC. The summed E-state index contributed by atoms with van der Waals surface area (Å²) in [7, 11) is 1.73. The fourth-order valence-electron chi connectivity index (χ4n) is 2.79. The second kappa shape index (κ2) is 10.0. The Balaban J connectivity index is 2.41. The van der Waals surface area contributed by atoms with Crippen molar-refractivity contribution in [2.45, 2.75) is 77.5 Å². The van der Waals surface area contributed by atoms with E-state index in [2.05, 4.69) is 6.92 Å². The Kier molecular flexibility index (Phi) is 8.74. The molecule has 0 spiro atoms. The minimum absolute atomic E-state index is 0.00557. The van der Waals surface area contributed by atoms with Gasteiger partial charge in [-0.1, -0.05) is 33.1 Å². The van der Waals surface area contributed by atoms with Crippen LogP contribution in [0.1, 0.15) is 65.2 Å². The third-order valence-electron chi connectivity index (χ3n) is 4.19. The van der Waals surface area contributed by atoms with Gasteiger partial charge in [0.1, 0.15) is 5.76 Å². The van der Waals surface area contributed by atoms with Crippen LogP contribution in [0.25, 0.3) is 0 Å². The molecular formula is C18H29F3O2. The first-order valence-corrected chi connectivity index (χ1v) is 8.56. The largest absolute Gasteiger partial charge is 0.457 e. The van der Waals surface area contributed by atoms with E-state index in [9.17, 15) is 13.2 Å². The van der Waals surface area contributed by atoms with Gasteiger partial charge in [-0.15, -0.1) is 0 Å². The number of halogens is 3. The summed E-state index contributed by atoms with van der Waals surface area (Å²) in [5.41, 5.74) is 0. The Morgan fingerprint density at radius 2 is 1.78 bits per heavy atom. The highest BCUT2D eigenvalue weighted by molar-refractivity contribution is 5.12. The molecule has 0 radical (unpaired) electrons. The molecule has 0 saturated heterocycles. The Hall–Kier alpha value is -0.970. The lowest BCUT2D eigenvalue weighted by Gasteiger charge is -2.20. The average molecular weight is 334 g/mol. The van der Waals surface area contributed by atoms with E-state index in [-0.39, 0.29) is 5.92 Å². The fourth-order valence-corrected chi connectivity index (χ4v) is 2.79. The fraction of sp³-hybridized carbons (Fsp3) is 0.778. The van der Waals surface area contributed by atoms with Crippen molar-refractivity contribution in [3.63, 3.8) is 0 Å². The smallest absolute Gasteiger partial charge is 0.449 e. The summed E-state index contributed by atoms with van der Waals surface area (Å²) in [6.45, 7) is 4.07. The minimum atomic E-state index is -4.41. The van der Waals surface area contributed by atoms with Crippen molar-refractivity contribution >= 4 is 0 Å². The van der Waals surface area contributed by atoms with Crippen LogP contribution in [0.15, 0.2) is 23.7 Å². The maximum Gasteiger partial charge on any atom is 0.449 e. The molecule has 2 nitrogen and oxygen atoms in total. The number of hydrogen-bond acceptors (Lipinski definition) is 2. The molecule has 2 unspecified atom stereocenters. The predicted molar refractivity (Wildman–Crippen MR) is 85.9 cm³/mol. The van der Waals surface area contributed by atoms with Gasteiger partial charge in [0, 0.05) is 13.0 Å². The molecule has 0 aliphatic carbocycles. The second-order valence-electron chi connectivity index (χ2n) is 6.18. The molecule has 1 aliphatic heterocycles. The molecule has 0 saturated carbocycles. The number of unbranched alkanes of at least 4 members (excludes halogenated alkanes) is 1. The standard InChI is InChI=1S/C18H29F3O2/c1-4-9-15(22-3)11-6-5-10-14(2)16-12-7-8-13-17(23-16)18(19,20)21/h12-15H,4-11H2,1-3H3. The summed E-state index contributed by atoms with van der Waals surface area (Å²) in [5.74, 6) is -0.399. The molecule has 134 valence electrons. The monoisotopic (exact) mass is 334 g/mol. The molecule has 0 bridgehead atoms. The van der Waals surface area contributed by atoms with Crippen molar-refractivity contribution in [2.75, 3.05) is 7.11 Å². The Bertz CT molecular complexity index is 400. The summed E-state index contributed by atoms with van der Waals surface area (Å²) in [6.07, 6.45) is 5.79. The highest BCUT2D eigenvalue weighted by Gasteiger charge is 2.37. The summed E-state index contributed by atoms with van der Waals surface area (Å²) in [4.78, 5) is 0. The molecule has 23 heavy (non-hydrogen) atoms. The second-order valence-corrected chi connectivity index (χ2v) is 6.18. The summed E-state index contributed by atoms with van der Waals surface area (Å²) in [6, 6.07) is 0. The molecule has 0 amide bonds. The third-order valence-corrected chi connectivity index (χ3v) is 4.19. The van der Waals surface area contributed by atoms with Gasteiger partial charge >= 0.3 is 6.18 Å². The van der Waals surface area contributed by atoms with E-state index in [0.29, 0.717) is 24.7 Å². The van der Waals surface area contributed by atoms with Crippen molar-refractivity contribution in [1.29, 1.82) is 0 Å². The van der Waals surface area contributed by atoms with Gasteiger partial charge in [-0.3, -0.25) is 0 Å². The Morgan fingerprint density at radius 3 is 2.39 bits per heavy atom. The van der Waals surface area contributed by atoms with E-state index in [0.717, 1.165) is 44.6 Å². The van der Waals surface area contributed by atoms with Crippen LogP contribution in [0.2, 0.25) is 0 Å². The van der Waals surface area contributed by atoms with Crippen molar-refractivity contribution in [3.05, 3.63) is 23.7 Å². The molecule has 1 heterocycles. The van der Waals surface area contributed by atoms with Crippen LogP contribution in [0, 0.1) is 5.92 Å². The zero-order valence-electron chi connectivity index (χ0n) is 14.4. The first-order valence-electron chi connectivity index (χ1n) is 8.56. The lowest BCUT2D eigenvalue weighted by atomic mass is 9.98. The topological polar surface area (TPSA) is 18.5 Å². The van der Waals surface area contributed by atoms with E-state index in [1.54, 1.807) is 13.2 Å². The van der Waals surface area contributed by atoms with Gasteiger partial charge in [0.15, 0.2) is 0 Å². The highest BCUT2D eigenvalue weighted by Crippen LogP contribution is 2.33. The first-order chi connectivity index (χ1) is 10.9. The van der Waals surface area contributed by atoms with Gasteiger partial charge in [-0.05, 0) is 44.3 Å². The zero-order chi connectivity index (χ0) is 17.3. The van der Waals surface area contributed by atoms with Crippen LogP contribution in [-0.2, 0) is 9.47 Å². The quantitative estimate of drug-likeness (QED) is 0.472. The van der Waals surface area contributed by atoms with Gasteiger partial charge in [0.25, 0.3) is 0 Å². The van der Waals surface area contributed by atoms with Gasteiger partial charge in [-0.25, -0.2) is 0 Å². The van der Waals surface area contributed by atoms with Gasteiger partial charge < -0.3 is 9.47 Å². The Labute approximate surface area is 137 Å². The maximum absolute atomic E-state index is 12.8. The number of rotatable bonds is 9. The lowest BCUT2D eigenvalue weighted by Crippen LogP contribution is -2.16. The van der Waals surface area contributed by atoms with E-state index in [1.165, 1.54) is 0 Å². The number of hydrogen-bond donors (Lipinski definition) is 0. The first kappa shape index (κ1) is 20.1. The predicted octanol–water partition coefficient (Wildman–Crippen LogP) is 6.14. The molecule has 0 N–H and O–H groups in total. The number of alkyl halides is 3. The average Bonchev–Trinajstić information content (AvgIpc) is 2.76. The van der Waals surface area contributed by atoms with Crippen LogP contribution in [-0.4, -0.2) is 19.4 Å². The zero-order valence-corrected chi connectivity index (χ0v) is 14.4. The molecular weight excluding hydrogens is 305 g/mol. The van der Waals surface area contributed by atoms with E-state index in [4.69, 9.17) is 9.47 Å². The van der Waals surface area contributed by atoms with E-state index >= 15 is 0 Å². The van der Waals surface area contributed by atoms with Gasteiger partial charge in [0.05, 0.1) is 6.10 Å². The van der Waals surface area contributed by atoms with Crippen molar-refractivity contribution in [2.24, 2.45) is 5.92 Å². The number of ether oxygens (including phenoxy) is 2. The van der Waals surface area contributed by atoms with E-state index < -0.39 is 11.9 Å². The molecule has 0 aromatic carbocycles. The number of allylic oxidation sites excluding steroid dienone is 4. The van der Waals surface area contributed by atoms with Crippen molar-refractivity contribution in [1.82, 2.24) is 0 Å². The highest BCUT2D eigenvalue weighted by atomic mass is 19.4. The van der Waals surface area contributed by atoms with E-state index in [1.807, 2.05) is 6.92 Å². The summed E-state index contributed by atoms with van der Waals surface area (Å²) >= 11 is 0. The Morgan fingerprint density at radius 1 is 1.13 bits per heavy atom. The molecule has 5 heteroatoms. The molecule has 2 atom stereocenters. The third kappa shape index (κ3) is 7.42. The number of methoxy groups -OCH3 is 1. The normalized spacial score (nSPS) is 18.5.